The Morgan fingerprint density at radius 1 is 1.16 bits per heavy atom. The third-order valence-electron chi connectivity index (χ3n) is 3.35. The van der Waals surface area contributed by atoms with Crippen LogP contribution in [-0.2, 0) is 11.8 Å². The highest BCUT2D eigenvalue weighted by molar-refractivity contribution is 5.39. The smallest absolute Gasteiger partial charge is 0.267 e. The number of nitrogens with one attached hydrogen (secondary N) is 1. The minimum Gasteiger partial charge on any atom is -0.268 e. The summed E-state index contributed by atoms with van der Waals surface area (Å²) in [4.78, 5) is 12.1. The molecule has 1 N–H and O–H groups in total. The summed E-state index contributed by atoms with van der Waals surface area (Å²) >= 11 is 0. The van der Waals surface area contributed by atoms with Crippen LogP contribution in [0.15, 0.2) is 29.1 Å². The molecule has 0 saturated heterocycles. The van der Waals surface area contributed by atoms with E-state index in [4.69, 9.17) is 0 Å². The van der Waals surface area contributed by atoms with E-state index < -0.39 is 0 Å². The summed E-state index contributed by atoms with van der Waals surface area (Å²) in [6, 6.07) is 8.21. The standard InChI is InChI=1S/C16H22N2O/c1-6-13-14(16(3,4)5)18(17-15(13)19)12-9-7-11(2)8-10-12/h7-10H,6H2,1-5H3,(H,17,19). The molecule has 0 amide bonds. The lowest BCUT2D eigenvalue weighted by Gasteiger charge is -2.22. The lowest BCUT2D eigenvalue weighted by Crippen LogP contribution is -2.19. The SMILES string of the molecule is CCc1c(C(C)(C)C)n(-c2ccc(C)cc2)[nH]c1=O. The summed E-state index contributed by atoms with van der Waals surface area (Å²) in [5, 5.41) is 2.97. The van der Waals surface area contributed by atoms with E-state index in [1.165, 1.54) is 5.56 Å². The van der Waals surface area contributed by atoms with Crippen LogP contribution in [0, 0.1) is 6.92 Å². The zero-order valence-electron chi connectivity index (χ0n) is 12.4. The number of aromatic nitrogens is 2. The molecule has 0 spiro atoms. The molecule has 0 aliphatic rings. The lowest BCUT2D eigenvalue weighted by molar-refractivity contribution is 0.538. The second kappa shape index (κ2) is 4.72. The minimum absolute atomic E-state index is 0.0213. The molecule has 0 aliphatic heterocycles. The Morgan fingerprint density at radius 3 is 2.21 bits per heavy atom. The Bertz CT molecular complexity index is 624. The van der Waals surface area contributed by atoms with Gasteiger partial charge in [-0.15, -0.1) is 0 Å². The van der Waals surface area contributed by atoms with Gasteiger partial charge in [0, 0.05) is 11.0 Å². The van der Waals surface area contributed by atoms with E-state index in [1.807, 2.05) is 23.7 Å². The predicted molar refractivity (Wildman–Crippen MR) is 79.2 cm³/mol. The first kappa shape index (κ1) is 13.7. The van der Waals surface area contributed by atoms with E-state index in [9.17, 15) is 4.79 Å². The third kappa shape index (κ3) is 2.50. The molecule has 0 bridgehead atoms. The van der Waals surface area contributed by atoms with Crippen LogP contribution in [0.2, 0.25) is 0 Å². The van der Waals surface area contributed by atoms with Crippen LogP contribution >= 0.6 is 0 Å². The molecule has 0 unspecified atom stereocenters. The summed E-state index contributed by atoms with van der Waals surface area (Å²) in [5.74, 6) is 0. The van der Waals surface area contributed by atoms with E-state index in [0.717, 1.165) is 23.4 Å². The van der Waals surface area contributed by atoms with Crippen LogP contribution in [0.25, 0.3) is 5.69 Å². The molecule has 0 saturated carbocycles. The Kier molecular flexibility index (Phi) is 3.40. The molecule has 3 heteroatoms. The van der Waals surface area contributed by atoms with Crippen molar-refractivity contribution in [3.63, 3.8) is 0 Å². The molecule has 19 heavy (non-hydrogen) atoms. The fourth-order valence-electron chi connectivity index (χ4n) is 2.47. The number of benzene rings is 1. The van der Waals surface area contributed by atoms with E-state index >= 15 is 0 Å². The highest BCUT2D eigenvalue weighted by Gasteiger charge is 2.25. The fourth-order valence-corrected chi connectivity index (χ4v) is 2.47. The number of H-pyrrole nitrogens is 1. The molecular weight excluding hydrogens is 236 g/mol. The maximum atomic E-state index is 12.1. The van der Waals surface area contributed by atoms with Gasteiger partial charge in [0.2, 0.25) is 0 Å². The van der Waals surface area contributed by atoms with Crippen LogP contribution in [0.1, 0.15) is 44.5 Å². The maximum Gasteiger partial charge on any atom is 0.267 e. The average molecular weight is 258 g/mol. The van der Waals surface area contributed by atoms with Crippen molar-refractivity contribution in [3.05, 3.63) is 51.4 Å². The van der Waals surface area contributed by atoms with Gasteiger partial charge in [0.15, 0.2) is 0 Å². The van der Waals surface area contributed by atoms with Gasteiger partial charge in [-0.2, -0.15) is 0 Å². The number of aromatic amines is 1. The first-order valence-corrected chi connectivity index (χ1v) is 6.76. The van der Waals surface area contributed by atoms with Crippen molar-refractivity contribution in [2.24, 2.45) is 0 Å². The Labute approximate surface area is 114 Å². The van der Waals surface area contributed by atoms with Gasteiger partial charge in [-0.1, -0.05) is 45.4 Å². The Hall–Kier alpha value is -1.77. The van der Waals surface area contributed by atoms with E-state index in [0.29, 0.717) is 0 Å². The topological polar surface area (TPSA) is 37.8 Å². The summed E-state index contributed by atoms with van der Waals surface area (Å²) in [5.41, 5.74) is 4.12. The van der Waals surface area contributed by atoms with Crippen LogP contribution in [0.5, 0.6) is 0 Å². The van der Waals surface area contributed by atoms with Crippen LogP contribution in [-0.4, -0.2) is 9.78 Å². The molecule has 0 atom stereocenters. The fraction of sp³-hybridized carbons (Fsp3) is 0.438. The maximum absolute atomic E-state index is 12.1. The molecule has 0 fully saturated rings. The molecule has 0 radical (unpaired) electrons. The van der Waals surface area contributed by atoms with Crippen molar-refractivity contribution in [3.8, 4) is 5.69 Å². The zero-order chi connectivity index (χ0) is 14.2. The average Bonchev–Trinajstić information content (AvgIpc) is 2.66. The van der Waals surface area contributed by atoms with Gasteiger partial charge in [-0.25, -0.2) is 0 Å². The van der Waals surface area contributed by atoms with Gasteiger partial charge in [-0.3, -0.25) is 14.6 Å². The first-order valence-electron chi connectivity index (χ1n) is 6.76. The van der Waals surface area contributed by atoms with Gasteiger partial charge in [0.25, 0.3) is 5.56 Å². The number of hydrogen-bond donors (Lipinski definition) is 1. The summed E-state index contributed by atoms with van der Waals surface area (Å²) < 4.78 is 1.93. The molecule has 1 aromatic carbocycles. The quantitative estimate of drug-likeness (QED) is 0.881. The van der Waals surface area contributed by atoms with Crippen molar-refractivity contribution in [2.45, 2.75) is 46.5 Å². The molecule has 2 aromatic rings. The number of nitrogens with zero attached hydrogens (tertiary/aromatic N) is 1. The molecule has 1 aromatic heterocycles. The Morgan fingerprint density at radius 2 is 1.74 bits per heavy atom. The van der Waals surface area contributed by atoms with Crippen molar-refractivity contribution in [1.29, 1.82) is 0 Å². The summed E-state index contributed by atoms with van der Waals surface area (Å²) in [6.07, 6.45) is 0.751. The molecule has 0 aliphatic carbocycles. The van der Waals surface area contributed by atoms with Crippen molar-refractivity contribution < 1.29 is 0 Å². The highest BCUT2D eigenvalue weighted by atomic mass is 16.1. The number of hydrogen-bond acceptors (Lipinski definition) is 1. The minimum atomic E-state index is -0.0740. The van der Waals surface area contributed by atoms with Crippen molar-refractivity contribution >= 4 is 0 Å². The van der Waals surface area contributed by atoms with Gasteiger partial charge in [-0.05, 0) is 25.5 Å². The van der Waals surface area contributed by atoms with E-state index in [2.05, 4.69) is 44.9 Å². The third-order valence-corrected chi connectivity index (χ3v) is 3.35. The lowest BCUT2D eigenvalue weighted by atomic mass is 9.88. The largest absolute Gasteiger partial charge is 0.268 e. The number of aryl methyl sites for hydroxylation is 1. The highest BCUT2D eigenvalue weighted by Crippen LogP contribution is 2.26. The molecule has 1 heterocycles. The summed E-state index contributed by atoms with van der Waals surface area (Å²) in [7, 11) is 0. The van der Waals surface area contributed by atoms with Crippen LogP contribution < -0.4 is 5.56 Å². The second-order valence-corrected chi connectivity index (χ2v) is 6.04. The zero-order valence-corrected chi connectivity index (χ0v) is 12.4. The molecule has 2 rings (SSSR count). The van der Waals surface area contributed by atoms with Crippen molar-refractivity contribution in [1.82, 2.24) is 9.78 Å². The van der Waals surface area contributed by atoms with Gasteiger partial charge in [0.1, 0.15) is 0 Å². The Balaban J connectivity index is 2.70. The molecule has 102 valence electrons. The molecular formula is C16H22N2O. The summed E-state index contributed by atoms with van der Waals surface area (Å²) in [6.45, 7) is 10.5. The van der Waals surface area contributed by atoms with Crippen molar-refractivity contribution in [2.75, 3.05) is 0 Å². The normalized spacial score (nSPS) is 11.8. The van der Waals surface area contributed by atoms with E-state index in [-0.39, 0.29) is 11.0 Å². The van der Waals surface area contributed by atoms with Crippen LogP contribution in [0.4, 0.5) is 0 Å². The van der Waals surface area contributed by atoms with Gasteiger partial charge in [0.05, 0.1) is 11.4 Å². The monoisotopic (exact) mass is 258 g/mol. The first-order chi connectivity index (χ1) is 8.84. The predicted octanol–water partition coefficient (Wildman–Crippen LogP) is 3.33. The van der Waals surface area contributed by atoms with E-state index in [1.54, 1.807) is 0 Å². The van der Waals surface area contributed by atoms with Gasteiger partial charge < -0.3 is 0 Å². The number of rotatable bonds is 2. The van der Waals surface area contributed by atoms with Gasteiger partial charge >= 0.3 is 0 Å². The van der Waals surface area contributed by atoms with Crippen LogP contribution in [0.3, 0.4) is 0 Å². The second-order valence-electron chi connectivity index (χ2n) is 6.04. The molecule has 3 nitrogen and oxygen atoms in total.